The molecule has 1 unspecified atom stereocenters. The first kappa shape index (κ1) is 14.3. The van der Waals surface area contributed by atoms with Crippen molar-refractivity contribution in [2.45, 2.75) is 25.4 Å². The molecule has 0 radical (unpaired) electrons. The Morgan fingerprint density at radius 3 is 2.52 bits per heavy atom. The van der Waals surface area contributed by atoms with Crippen molar-refractivity contribution in [2.75, 3.05) is 26.2 Å². The highest BCUT2D eigenvalue weighted by Gasteiger charge is 2.30. The molecule has 1 aromatic rings. The molecular formula is C16H21FN2O2. The highest BCUT2D eigenvalue weighted by atomic mass is 19.1. The molecule has 2 saturated heterocycles. The quantitative estimate of drug-likeness (QED) is 0.924. The molecule has 2 fully saturated rings. The lowest BCUT2D eigenvalue weighted by Gasteiger charge is -2.33. The van der Waals surface area contributed by atoms with Crippen LogP contribution in [0.5, 0.6) is 5.75 Å². The molecule has 114 valence electrons. The molecule has 0 aromatic heterocycles. The predicted octanol–water partition coefficient (Wildman–Crippen LogP) is 1.80. The van der Waals surface area contributed by atoms with E-state index in [0.717, 1.165) is 45.4 Å². The van der Waals surface area contributed by atoms with Gasteiger partial charge in [0.1, 0.15) is 17.7 Å². The van der Waals surface area contributed by atoms with Crippen LogP contribution in [0.3, 0.4) is 0 Å². The summed E-state index contributed by atoms with van der Waals surface area (Å²) in [5, 5.41) is 3.24. The summed E-state index contributed by atoms with van der Waals surface area (Å²) in [6.07, 6.45) is 2.73. The number of hydrogen-bond acceptors (Lipinski definition) is 3. The Balaban J connectivity index is 1.48. The fourth-order valence-electron chi connectivity index (χ4n) is 3.02. The van der Waals surface area contributed by atoms with Crippen LogP contribution in [0.2, 0.25) is 0 Å². The largest absolute Gasteiger partial charge is 0.490 e. The summed E-state index contributed by atoms with van der Waals surface area (Å²) in [4.78, 5) is 14.3. The van der Waals surface area contributed by atoms with Crippen LogP contribution >= 0.6 is 0 Å². The van der Waals surface area contributed by atoms with E-state index in [2.05, 4.69) is 5.32 Å². The van der Waals surface area contributed by atoms with E-state index < -0.39 is 0 Å². The fraction of sp³-hybridized carbons (Fsp3) is 0.562. The van der Waals surface area contributed by atoms with Crippen molar-refractivity contribution < 1.29 is 13.9 Å². The molecule has 2 aliphatic heterocycles. The molecule has 1 aromatic carbocycles. The Morgan fingerprint density at radius 1 is 1.19 bits per heavy atom. The number of halogens is 1. The number of ether oxygens (including phenoxy) is 1. The molecule has 4 nitrogen and oxygen atoms in total. The molecule has 2 aliphatic rings. The van der Waals surface area contributed by atoms with E-state index in [0.29, 0.717) is 5.75 Å². The van der Waals surface area contributed by atoms with Gasteiger partial charge in [0.2, 0.25) is 5.91 Å². The fourth-order valence-corrected chi connectivity index (χ4v) is 3.02. The molecule has 5 heteroatoms. The van der Waals surface area contributed by atoms with E-state index >= 15 is 0 Å². The molecular weight excluding hydrogens is 271 g/mol. The Bertz CT molecular complexity index is 478. The van der Waals surface area contributed by atoms with Gasteiger partial charge in [-0.05, 0) is 37.2 Å². The van der Waals surface area contributed by atoms with Crippen molar-refractivity contribution in [3.63, 3.8) is 0 Å². The van der Waals surface area contributed by atoms with E-state index in [-0.39, 0.29) is 23.7 Å². The minimum absolute atomic E-state index is 0.112. The van der Waals surface area contributed by atoms with E-state index in [4.69, 9.17) is 4.74 Å². The maximum atomic E-state index is 12.8. The van der Waals surface area contributed by atoms with E-state index in [1.165, 1.54) is 12.1 Å². The van der Waals surface area contributed by atoms with Gasteiger partial charge in [0.15, 0.2) is 0 Å². The summed E-state index contributed by atoms with van der Waals surface area (Å²) in [6, 6.07) is 6.11. The molecule has 2 heterocycles. The summed E-state index contributed by atoms with van der Waals surface area (Å²) in [7, 11) is 0. The first-order valence-corrected chi connectivity index (χ1v) is 7.64. The predicted molar refractivity (Wildman–Crippen MR) is 77.6 cm³/mol. The molecule has 3 rings (SSSR count). The smallest absolute Gasteiger partial charge is 0.227 e. The number of benzene rings is 1. The average Bonchev–Trinajstić information content (AvgIpc) is 3.04. The van der Waals surface area contributed by atoms with Gasteiger partial charge in [-0.2, -0.15) is 0 Å². The number of hydrogen-bond donors (Lipinski definition) is 1. The topological polar surface area (TPSA) is 41.6 Å². The van der Waals surface area contributed by atoms with Gasteiger partial charge < -0.3 is 15.0 Å². The zero-order valence-electron chi connectivity index (χ0n) is 12.1. The van der Waals surface area contributed by atoms with Crippen LogP contribution in [-0.4, -0.2) is 43.1 Å². The third-order valence-corrected chi connectivity index (χ3v) is 4.28. The normalized spacial score (nSPS) is 23.3. The summed E-state index contributed by atoms with van der Waals surface area (Å²) in [6.45, 7) is 3.26. The zero-order valence-corrected chi connectivity index (χ0v) is 12.1. The van der Waals surface area contributed by atoms with Crippen molar-refractivity contribution >= 4 is 5.91 Å². The first-order chi connectivity index (χ1) is 10.2. The molecule has 0 bridgehead atoms. The SMILES string of the molecule is O=C(C1CCNC1)N1CCC(Oc2ccc(F)cc2)CC1. The van der Waals surface area contributed by atoms with Gasteiger partial charge in [-0.25, -0.2) is 4.39 Å². The molecule has 0 saturated carbocycles. The van der Waals surface area contributed by atoms with Crippen molar-refractivity contribution in [3.05, 3.63) is 30.1 Å². The van der Waals surface area contributed by atoms with Crippen LogP contribution in [0, 0.1) is 11.7 Å². The first-order valence-electron chi connectivity index (χ1n) is 7.64. The second-order valence-corrected chi connectivity index (χ2v) is 5.79. The Kier molecular flexibility index (Phi) is 4.39. The van der Waals surface area contributed by atoms with Gasteiger partial charge in [0.25, 0.3) is 0 Å². The summed E-state index contributed by atoms with van der Waals surface area (Å²) in [5.74, 6) is 0.869. The lowest BCUT2D eigenvalue weighted by molar-refractivity contribution is -0.136. The van der Waals surface area contributed by atoms with E-state index in [9.17, 15) is 9.18 Å². The molecule has 1 atom stereocenters. The van der Waals surface area contributed by atoms with Crippen molar-refractivity contribution in [2.24, 2.45) is 5.92 Å². The maximum Gasteiger partial charge on any atom is 0.227 e. The van der Waals surface area contributed by atoms with Crippen LogP contribution in [0.25, 0.3) is 0 Å². The number of amides is 1. The highest BCUT2D eigenvalue weighted by molar-refractivity contribution is 5.79. The number of nitrogens with one attached hydrogen (secondary N) is 1. The van der Waals surface area contributed by atoms with Gasteiger partial charge in [0.05, 0.1) is 5.92 Å². The van der Waals surface area contributed by atoms with Gasteiger partial charge >= 0.3 is 0 Å². The van der Waals surface area contributed by atoms with E-state index in [1.807, 2.05) is 4.90 Å². The summed E-state index contributed by atoms with van der Waals surface area (Å²) >= 11 is 0. The van der Waals surface area contributed by atoms with Crippen LogP contribution < -0.4 is 10.1 Å². The number of piperidine rings is 1. The molecule has 1 N–H and O–H groups in total. The third-order valence-electron chi connectivity index (χ3n) is 4.28. The second-order valence-electron chi connectivity index (χ2n) is 5.79. The standard InChI is InChI=1S/C16H21FN2O2/c17-13-1-3-14(4-2-13)21-15-6-9-19(10-7-15)16(20)12-5-8-18-11-12/h1-4,12,15,18H,5-11H2. The minimum atomic E-state index is -0.257. The van der Waals surface area contributed by atoms with Crippen molar-refractivity contribution in [1.82, 2.24) is 10.2 Å². The number of rotatable bonds is 3. The van der Waals surface area contributed by atoms with Gasteiger partial charge in [-0.3, -0.25) is 4.79 Å². The maximum absolute atomic E-state index is 12.8. The second kappa shape index (κ2) is 6.43. The monoisotopic (exact) mass is 292 g/mol. The molecule has 0 aliphatic carbocycles. The molecule has 0 spiro atoms. The minimum Gasteiger partial charge on any atom is -0.490 e. The Morgan fingerprint density at radius 2 is 1.90 bits per heavy atom. The number of likely N-dealkylation sites (tertiary alicyclic amines) is 1. The lowest BCUT2D eigenvalue weighted by Crippen LogP contribution is -2.44. The molecule has 1 amide bonds. The lowest BCUT2D eigenvalue weighted by atomic mass is 10.0. The van der Waals surface area contributed by atoms with Crippen LogP contribution in [0.1, 0.15) is 19.3 Å². The highest BCUT2D eigenvalue weighted by Crippen LogP contribution is 2.21. The van der Waals surface area contributed by atoms with Crippen LogP contribution in [0.15, 0.2) is 24.3 Å². The zero-order chi connectivity index (χ0) is 14.7. The third kappa shape index (κ3) is 3.53. The number of nitrogens with zero attached hydrogens (tertiary/aromatic N) is 1. The summed E-state index contributed by atoms with van der Waals surface area (Å²) < 4.78 is 18.7. The van der Waals surface area contributed by atoms with Gasteiger partial charge in [-0.15, -0.1) is 0 Å². The molecule has 21 heavy (non-hydrogen) atoms. The van der Waals surface area contributed by atoms with Crippen LogP contribution in [0.4, 0.5) is 4.39 Å². The number of carbonyl (C=O) groups is 1. The average molecular weight is 292 g/mol. The Hall–Kier alpha value is -1.62. The Labute approximate surface area is 124 Å². The van der Waals surface area contributed by atoms with Gasteiger partial charge in [0, 0.05) is 32.5 Å². The summed E-state index contributed by atoms with van der Waals surface area (Å²) in [5.41, 5.74) is 0. The van der Waals surface area contributed by atoms with Crippen molar-refractivity contribution in [3.8, 4) is 5.75 Å². The van der Waals surface area contributed by atoms with Crippen LogP contribution in [-0.2, 0) is 4.79 Å². The van der Waals surface area contributed by atoms with E-state index in [1.54, 1.807) is 12.1 Å². The van der Waals surface area contributed by atoms with Crippen molar-refractivity contribution in [1.29, 1.82) is 0 Å². The number of carbonyl (C=O) groups excluding carboxylic acids is 1. The van der Waals surface area contributed by atoms with Gasteiger partial charge in [-0.1, -0.05) is 0 Å².